The first-order chi connectivity index (χ1) is 7.34. The minimum atomic E-state index is -3.67. The summed E-state index contributed by atoms with van der Waals surface area (Å²) in [7, 11) is -3.67. The quantitative estimate of drug-likeness (QED) is 0.667. The third-order valence-electron chi connectivity index (χ3n) is 2.22. The molecular weight excluding hydrogens is 234 g/mol. The molecule has 6 nitrogen and oxygen atoms in total. The lowest BCUT2D eigenvalue weighted by Gasteiger charge is -2.31. The molecule has 1 rings (SSSR count). The molecule has 1 unspecified atom stereocenters. The summed E-state index contributed by atoms with van der Waals surface area (Å²) in [6, 6.07) is 0.504. The molecule has 0 aliphatic carbocycles. The summed E-state index contributed by atoms with van der Waals surface area (Å²) < 4.78 is 31.1. The molecule has 1 fully saturated rings. The van der Waals surface area contributed by atoms with Crippen molar-refractivity contribution < 1.29 is 22.8 Å². The summed E-state index contributed by atoms with van der Waals surface area (Å²) in [4.78, 5) is 2.36. The average Bonchev–Trinajstić information content (AvgIpc) is 2.17. The van der Waals surface area contributed by atoms with E-state index >= 15 is 0 Å². The van der Waals surface area contributed by atoms with Crippen molar-refractivity contribution in [3.63, 3.8) is 0 Å². The van der Waals surface area contributed by atoms with Crippen molar-refractivity contribution in [2.45, 2.75) is 19.4 Å². The maximum absolute atomic E-state index is 9.19. The molecule has 7 heteroatoms. The van der Waals surface area contributed by atoms with Crippen molar-refractivity contribution >= 4 is 10.1 Å². The van der Waals surface area contributed by atoms with Gasteiger partial charge in [-0.3, -0.25) is 9.45 Å². The van der Waals surface area contributed by atoms with Crippen LogP contribution >= 0.6 is 0 Å². The van der Waals surface area contributed by atoms with Gasteiger partial charge in [0.25, 0.3) is 10.1 Å². The van der Waals surface area contributed by atoms with E-state index < -0.39 is 10.1 Å². The van der Waals surface area contributed by atoms with Gasteiger partial charge in [-0.05, 0) is 13.3 Å². The van der Waals surface area contributed by atoms with Gasteiger partial charge in [0.2, 0.25) is 0 Å². The van der Waals surface area contributed by atoms with Gasteiger partial charge < -0.3 is 9.84 Å². The van der Waals surface area contributed by atoms with Crippen LogP contribution in [0.5, 0.6) is 0 Å². The molecule has 16 heavy (non-hydrogen) atoms. The van der Waals surface area contributed by atoms with Gasteiger partial charge in [-0.1, -0.05) is 0 Å². The van der Waals surface area contributed by atoms with Crippen LogP contribution < -0.4 is 0 Å². The minimum absolute atomic E-state index is 0.290. The monoisotopic (exact) mass is 255 g/mol. The Balaban J connectivity index is 0.000000385. The Morgan fingerprint density at radius 2 is 1.81 bits per heavy atom. The maximum atomic E-state index is 9.19. The molecular formula is C9H21NO5S. The molecule has 98 valence electrons. The number of ether oxygens (including phenoxy) is 1. The van der Waals surface area contributed by atoms with E-state index in [9.17, 15) is 8.42 Å². The topological polar surface area (TPSA) is 87.1 Å². The molecule has 0 bridgehead atoms. The summed E-state index contributed by atoms with van der Waals surface area (Å²) in [5, 5.41) is 8.71. The second-order valence-electron chi connectivity index (χ2n) is 3.74. The Hall–Kier alpha value is -0.210. The first kappa shape index (κ1) is 15.8. The summed E-state index contributed by atoms with van der Waals surface area (Å²) in [5.74, 6) is 0. The normalized spacial score (nSPS) is 19.8. The van der Waals surface area contributed by atoms with E-state index in [-0.39, 0.29) is 0 Å². The number of aliphatic hydroxyl groups is 1. The molecule has 0 spiro atoms. The van der Waals surface area contributed by atoms with Gasteiger partial charge in [-0.2, -0.15) is 8.42 Å². The van der Waals surface area contributed by atoms with Crippen LogP contribution in [0.15, 0.2) is 0 Å². The fourth-order valence-corrected chi connectivity index (χ4v) is 1.39. The van der Waals surface area contributed by atoms with E-state index in [1.165, 1.54) is 0 Å². The predicted molar refractivity (Wildman–Crippen MR) is 61.0 cm³/mol. The summed E-state index contributed by atoms with van der Waals surface area (Å²) >= 11 is 0. The first-order valence-corrected chi connectivity index (χ1v) is 7.04. The predicted octanol–water partition coefficient (Wildman–Crippen LogP) is -0.406. The van der Waals surface area contributed by atoms with Crippen molar-refractivity contribution in [1.82, 2.24) is 4.90 Å². The second kappa shape index (κ2) is 7.97. The molecule has 1 heterocycles. The van der Waals surface area contributed by atoms with Gasteiger partial charge in [-0.15, -0.1) is 0 Å². The number of aliphatic hydroxyl groups excluding tert-OH is 1. The number of hydrogen-bond acceptors (Lipinski definition) is 5. The SMILES string of the molecule is CC(CCO)N1CCOCC1.CS(=O)(=O)O. The Morgan fingerprint density at radius 3 is 2.19 bits per heavy atom. The summed E-state index contributed by atoms with van der Waals surface area (Å²) in [5.41, 5.74) is 0. The second-order valence-corrected chi connectivity index (χ2v) is 5.21. The first-order valence-electron chi connectivity index (χ1n) is 5.19. The lowest BCUT2D eigenvalue weighted by Crippen LogP contribution is -2.42. The molecule has 2 N–H and O–H groups in total. The van der Waals surface area contributed by atoms with Gasteiger partial charge in [0.15, 0.2) is 0 Å². The van der Waals surface area contributed by atoms with Crippen molar-refractivity contribution in [2.75, 3.05) is 39.2 Å². The zero-order valence-electron chi connectivity index (χ0n) is 9.79. The molecule has 1 atom stereocenters. The van der Waals surface area contributed by atoms with Gasteiger partial charge in [0.1, 0.15) is 0 Å². The lowest BCUT2D eigenvalue weighted by atomic mass is 10.2. The van der Waals surface area contributed by atoms with Crippen LogP contribution in [0.3, 0.4) is 0 Å². The molecule has 0 aromatic carbocycles. The molecule has 0 radical (unpaired) electrons. The van der Waals surface area contributed by atoms with Crippen LogP contribution in [0.2, 0.25) is 0 Å². The number of rotatable bonds is 3. The van der Waals surface area contributed by atoms with Crippen LogP contribution in [0.25, 0.3) is 0 Å². The molecule has 0 aromatic rings. The van der Waals surface area contributed by atoms with Crippen molar-refractivity contribution in [3.8, 4) is 0 Å². The van der Waals surface area contributed by atoms with E-state index in [2.05, 4.69) is 11.8 Å². The smallest absolute Gasteiger partial charge is 0.261 e. The van der Waals surface area contributed by atoms with Crippen LogP contribution in [0.4, 0.5) is 0 Å². The molecule has 0 saturated carbocycles. The van der Waals surface area contributed by atoms with Gasteiger partial charge >= 0.3 is 0 Å². The number of hydrogen-bond donors (Lipinski definition) is 2. The van der Waals surface area contributed by atoms with E-state index in [0.717, 1.165) is 32.7 Å². The van der Waals surface area contributed by atoms with Crippen molar-refractivity contribution in [2.24, 2.45) is 0 Å². The highest BCUT2D eigenvalue weighted by atomic mass is 32.2. The molecule has 1 aliphatic heterocycles. The van der Waals surface area contributed by atoms with Crippen LogP contribution in [-0.2, 0) is 14.9 Å². The van der Waals surface area contributed by atoms with Gasteiger partial charge in [0, 0.05) is 25.7 Å². The van der Waals surface area contributed by atoms with Crippen LogP contribution in [0.1, 0.15) is 13.3 Å². The average molecular weight is 255 g/mol. The third-order valence-corrected chi connectivity index (χ3v) is 2.22. The van der Waals surface area contributed by atoms with Crippen molar-refractivity contribution in [1.29, 1.82) is 0 Å². The largest absolute Gasteiger partial charge is 0.396 e. The molecule has 1 aliphatic rings. The standard InChI is InChI=1S/C8H17NO2.CH4O3S/c1-8(2-5-10)9-3-6-11-7-4-9;1-5(2,3)4/h8,10H,2-7H2,1H3;1H3,(H,2,3,4). The Kier molecular flexibility index (Phi) is 7.86. The number of nitrogens with zero attached hydrogens (tertiary/aromatic N) is 1. The highest BCUT2D eigenvalue weighted by molar-refractivity contribution is 7.85. The Morgan fingerprint density at radius 1 is 1.38 bits per heavy atom. The highest BCUT2D eigenvalue weighted by Gasteiger charge is 2.15. The summed E-state index contributed by atoms with van der Waals surface area (Å²) in [6.07, 6.45) is 1.59. The van der Waals surface area contributed by atoms with Crippen LogP contribution in [-0.4, -0.2) is 68.2 Å². The minimum Gasteiger partial charge on any atom is -0.396 e. The third kappa shape index (κ3) is 10.3. The zero-order valence-corrected chi connectivity index (χ0v) is 10.6. The molecule has 0 amide bonds. The van der Waals surface area contributed by atoms with E-state index in [0.29, 0.717) is 18.9 Å². The molecule has 1 saturated heterocycles. The highest BCUT2D eigenvalue weighted by Crippen LogP contribution is 2.05. The fourth-order valence-electron chi connectivity index (χ4n) is 1.39. The maximum Gasteiger partial charge on any atom is 0.261 e. The number of morpholine rings is 1. The van der Waals surface area contributed by atoms with Crippen LogP contribution in [0, 0.1) is 0 Å². The fraction of sp³-hybridized carbons (Fsp3) is 1.00. The van der Waals surface area contributed by atoms with Gasteiger partial charge in [0.05, 0.1) is 19.5 Å². The van der Waals surface area contributed by atoms with Crippen molar-refractivity contribution in [3.05, 3.63) is 0 Å². The van der Waals surface area contributed by atoms with E-state index in [4.69, 9.17) is 14.4 Å². The van der Waals surface area contributed by atoms with E-state index in [1.807, 2.05) is 0 Å². The lowest BCUT2D eigenvalue weighted by molar-refractivity contribution is 0.0154. The zero-order chi connectivity index (χ0) is 12.6. The van der Waals surface area contributed by atoms with E-state index in [1.54, 1.807) is 0 Å². The molecule has 0 aromatic heterocycles. The Labute approximate surface area is 97.0 Å². The summed E-state index contributed by atoms with van der Waals surface area (Å²) in [6.45, 7) is 6.16. The Bertz CT molecular complexity index is 253. The van der Waals surface area contributed by atoms with Gasteiger partial charge in [-0.25, -0.2) is 0 Å².